The number of hydrogen-bond donors (Lipinski definition) is 7. The highest BCUT2D eigenvalue weighted by Gasteiger charge is 2.31. The van der Waals surface area contributed by atoms with Gasteiger partial charge in [0.25, 0.3) is 5.69 Å². The number of carbonyl (C=O) groups excluding carboxylic acids is 5. The molecule has 0 spiro atoms. The van der Waals surface area contributed by atoms with E-state index in [9.17, 15) is 34.1 Å². The maximum absolute atomic E-state index is 13.2. The number of nitrogens with one attached hydrogen (secondary N) is 5. The summed E-state index contributed by atoms with van der Waals surface area (Å²) in [7, 11) is 0. The average Bonchev–Trinajstić information content (AvgIpc) is 2.94. The number of non-ortho nitro benzene ring substituents is 1. The molecule has 0 saturated carbocycles. The number of guanidine groups is 1. The third-order valence-electron chi connectivity index (χ3n) is 6.33. The normalized spacial score (nSPS) is 12.8. The number of rotatable bonds is 17. The van der Waals surface area contributed by atoms with E-state index in [0.29, 0.717) is 6.42 Å². The highest BCUT2D eigenvalue weighted by molar-refractivity contribution is 8.93. The van der Waals surface area contributed by atoms with Crippen molar-refractivity contribution in [1.29, 1.82) is 0 Å². The fraction of sp³-hybridized carbons (Fsp3) is 0.600. The SMILES string of the molecule is Br.CC(C)C[C@H](NC(=O)[C@@H](NC(=O)OC(C)(C)C)C(C)C)C(=O)NCC(=O)N[C@@H](CCCN=C(N)N)C(=O)Nc1ccc([N+](=O)[O-])cc1. The standard InChI is InChI=1S/C30H49N9O8.BrH/c1-17(2)15-22(37-27(43)24(18(3)4)38-29(44)47-30(5,6)7)25(41)34-16-23(40)36-21(9-8-14-33-28(31)32)26(42)35-19-10-12-20(13-11-19)39(45)46;/h10-13,17-18,21-22,24H,8-9,14-16H2,1-7H3,(H,34,41)(H,35,42)(H,36,40)(H,37,43)(H,38,44)(H4,31,32,33);1H/t21-,22-,24-;/m0./s1. The molecule has 48 heavy (non-hydrogen) atoms. The molecule has 3 atom stereocenters. The number of nitrogens with two attached hydrogens (primary N) is 2. The van der Waals surface area contributed by atoms with Crippen molar-refractivity contribution in [3.63, 3.8) is 0 Å². The smallest absolute Gasteiger partial charge is 0.408 e. The Morgan fingerprint density at radius 1 is 0.917 bits per heavy atom. The first-order chi connectivity index (χ1) is 21.8. The Kier molecular flexibility index (Phi) is 18.8. The van der Waals surface area contributed by atoms with Gasteiger partial charge in [-0.2, -0.15) is 0 Å². The van der Waals surface area contributed by atoms with Crippen molar-refractivity contribution < 1.29 is 33.6 Å². The molecule has 18 heteroatoms. The Labute approximate surface area is 291 Å². The van der Waals surface area contributed by atoms with E-state index in [1.807, 2.05) is 13.8 Å². The van der Waals surface area contributed by atoms with Crippen molar-refractivity contribution in [3.8, 4) is 0 Å². The molecule has 17 nitrogen and oxygen atoms in total. The molecule has 270 valence electrons. The number of carbonyl (C=O) groups is 5. The van der Waals surface area contributed by atoms with Crippen molar-refractivity contribution >= 4 is 64.0 Å². The Morgan fingerprint density at radius 2 is 1.52 bits per heavy atom. The summed E-state index contributed by atoms with van der Waals surface area (Å²) in [5, 5.41) is 23.8. The molecule has 0 aliphatic rings. The van der Waals surface area contributed by atoms with Gasteiger partial charge in [0.1, 0.15) is 23.7 Å². The zero-order valence-corrected chi connectivity index (χ0v) is 30.2. The van der Waals surface area contributed by atoms with Gasteiger partial charge in [0.05, 0.1) is 11.5 Å². The second-order valence-corrected chi connectivity index (χ2v) is 12.6. The molecule has 5 amide bonds. The minimum atomic E-state index is -1.07. The summed E-state index contributed by atoms with van der Waals surface area (Å²) in [4.78, 5) is 78.8. The predicted molar refractivity (Wildman–Crippen MR) is 186 cm³/mol. The van der Waals surface area contributed by atoms with Gasteiger partial charge in [-0.3, -0.25) is 34.3 Å². The van der Waals surface area contributed by atoms with Gasteiger partial charge < -0.3 is 42.8 Å². The second kappa shape index (κ2) is 20.7. The first-order valence-corrected chi connectivity index (χ1v) is 15.3. The van der Waals surface area contributed by atoms with Crippen molar-refractivity contribution in [2.75, 3.05) is 18.4 Å². The molecule has 0 saturated heterocycles. The van der Waals surface area contributed by atoms with E-state index in [4.69, 9.17) is 16.2 Å². The lowest BCUT2D eigenvalue weighted by Gasteiger charge is -2.27. The van der Waals surface area contributed by atoms with Crippen LogP contribution in [-0.2, 0) is 23.9 Å². The lowest BCUT2D eigenvalue weighted by atomic mass is 10.00. The summed E-state index contributed by atoms with van der Waals surface area (Å²) in [5.41, 5.74) is 10.0. The van der Waals surface area contributed by atoms with E-state index in [1.54, 1.807) is 34.6 Å². The van der Waals surface area contributed by atoms with Gasteiger partial charge in [0, 0.05) is 24.4 Å². The molecular weight excluding hydrogens is 694 g/mol. The van der Waals surface area contributed by atoms with Crippen LogP contribution in [0.1, 0.15) is 67.7 Å². The molecule has 1 aromatic rings. The number of nitro benzene ring substituents is 1. The van der Waals surface area contributed by atoms with Crippen molar-refractivity contribution in [2.45, 2.75) is 91.5 Å². The first kappa shape index (κ1) is 43.5. The van der Waals surface area contributed by atoms with Crippen LogP contribution < -0.4 is 38.1 Å². The van der Waals surface area contributed by atoms with Crippen LogP contribution in [0, 0.1) is 22.0 Å². The maximum Gasteiger partial charge on any atom is 0.408 e. The van der Waals surface area contributed by atoms with Crippen LogP contribution >= 0.6 is 17.0 Å². The number of alkyl carbamates (subject to hydrolysis) is 1. The Hall–Kier alpha value is -4.48. The molecule has 0 aliphatic heterocycles. The summed E-state index contributed by atoms with van der Waals surface area (Å²) in [6.07, 6.45) is -0.0950. The largest absolute Gasteiger partial charge is 0.444 e. The Morgan fingerprint density at radius 3 is 2.02 bits per heavy atom. The summed E-state index contributed by atoms with van der Waals surface area (Å²) in [5.74, 6) is -3.02. The van der Waals surface area contributed by atoms with Crippen LogP contribution in [0.15, 0.2) is 29.3 Å². The van der Waals surface area contributed by atoms with Crippen molar-refractivity contribution in [3.05, 3.63) is 34.4 Å². The third-order valence-corrected chi connectivity index (χ3v) is 6.33. The minimum absolute atomic E-state index is 0. The molecule has 0 radical (unpaired) electrons. The van der Waals surface area contributed by atoms with E-state index in [-0.39, 0.29) is 65.5 Å². The van der Waals surface area contributed by atoms with Gasteiger partial charge in [0.2, 0.25) is 23.6 Å². The Balaban J connectivity index is 0.0000221. The predicted octanol–water partition coefficient (Wildman–Crippen LogP) is 1.85. The van der Waals surface area contributed by atoms with Crippen LogP contribution in [0.3, 0.4) is 0 Å². The van der Waals surface area contributed by atoms with E-state index in [1.165, 1.54) is 24.3 Å². The number of aliphatic imine (C=N–C) groups is 1. The molecular formula is C30H50BrN9O8. The zero-order valence-electron chi connectivity index (χ0n) is 28.5. The second-order valence-electron chi connectivity index (χ2n) is 12.6. The number of anilines is 1. The molecule has 0 fully saturated rings. The molecule has 0 aromatic heterocycles. The summed E-state index contributed by atoms with van der Waals surface area (Å²) in [6.45, 7) is 11.9. The molecule has 0 bridgehead atoms. The molecule has 0 heterocycles. The number of nitrogens with zero attached hydrogens (tertiary/aromatic N) is 2. The van der Waals surface area contributed by atoms with E-state index >= 15 is 0 Å². The lowest BCUT2D eigenvalue weighted by molar-refractivity contribution is -0.384. The quantitative estimate of drug-likeness (QED) is 0.0400. The van der Waals surface area contributed by atoms with Crippen molar-refractivity contribution in [2.24, 2.45) is 28.3 Å². The molecule has 9 N–H and O–H groups in total. The minimum Gasteiger partial charge on any atom is -0.444 e. The third kappa shape index (κ3) is 17.4. The molecule has 1 aromatic carbocycles. The number of hydrogen-bond acceptors (Lipinski definition) is 9. The number of amides is 5. The lowest BCUT2D eigenvalue weighted by Crippen LogP contribution is -2.57. The zero-order chi connectivity index (χ0) is 35.9. The van der Waals surface area contributed by atoms with E-state index in [0.717, 1.165) is 0 Å². The summed E-state index contributed by atoms with van der Waals surface area (Å²) in [6, 6.07) is 2.06. The fourth-order valence-corrected chi connectivity index (χ4v) is 4.14. The summed E-state index contributed by atoms with van der Waals surface area (Å²) >= 11 is 0. The van der Waals surface area contributed by atoms with Crippen LogP contribution in [-0.4, -0.2) is 77.4 Å². The number of benzene rings is 1. The topological polar surface area (TPSA) is 262 Å². The highest BCUT2D eigenvalue weighted by atomic mass is 79.9. The highest BCUT2D eigenvalue weighted by Crippen LogP contribution is 2.16. The van der Waals surface area contributed by atoms with Crippen LogP contribution in [0.25, 0.3) is 0 Å². The van der Waals surface area contributed by atoms with Gasteiger partial charge in [-0.05, 0) is 64.0 Å². The molecule has 0 aliphatic carbocycles. The van der Waals surface area contributed by atoms with Crippen LogP contribution in [0.5, 0.6) is 0 Å². The van der Waals surface area contributed by atoms with E-state index < -0.39 is 64.9 Å². The van der Waals surface area contributed by atoms with Gasteiger partial charge in [0.15, 0.2) is 5.96 Å². The molecule has 1 rings (SSSR count). The summed E-state index contributed by atoms with van der Waals surface area (Å²) < 4.78 is 5.26. The van der Waals surface area contributed by atoms with Crippen LogP contribution in [0.2, 0.25) is 0 Å². The average molecular weight is 745 g/mol. The van der Waals surface area contributed by atoms with Gasteiger partial charge in [-0.15, -0.1) is 17.0 Å². The van der Waals surface area contributed by atoms with Crippen LogP contribution in [0.4, 0.5) is 16.2 Å². The monoisotopic (exact) mass is 743 g/mol. The van der Waals surface area contributed by atoms with Gasteiger partial charge in [-0.1, -0.05) is 27.7 Å². The fourth-order valence-electron chi connectivity index (χ4n) is 4.14. The number of halogens is 1. The van der Waals surface area contributed by atoms with Crippen molar-refractivity contribution in [1.82, 2.24) is 21.3 Å². The Bertz CT molecular complexity index is 1280. The maximum atomic E-state index is 13.2. The first-order valence-electron chi connectivity index (χ1n) is 15.3. The molecule has 0 unspecified atom stereocenters. The number of ether oxygens (including phenoxy) is 1. The number of nitro groups is 1. The van der Waals surface area contributed by atoms with E-state index in [2.05, 4.69) is 31.6 Å². The van der Waals surface area contributed by atoms with Gasteiger partial charge >= 0.3 is 6.09 Å². The van der Waals surface area contributed by atoms with Gasteiger partial charge in [-0.25, -0.2) is 4.79 Å².